The number of carbonyl (C=O) groups excluding carboxylic acids is 1. The Labute approximate surface area is 106 Å². The Balaban J connectivity index is 2.33. The summed E-state index contributed by atoms with van der Waals surface area (Å²) in [6.45, 7) is 3.59. The third-order valence-electron chi connectivity index (χ3n) is 2.75. The summed E-state index contributed by atoms with van der Waals surface area (Å²) in [6.07, 6.45) is 2.18. The van der Waals surface area contributed by atoms with Gasteiger partial charge >= 0.3 is 5.97 Å². The zero-order chi connectivity index (χ0) is 13.6. The van der Waals surface area contributed by atoms with Gasteiger partial charge in [0.1, 0.15) is 0 Å². The van der Waals surface area contributed by atoms with Crippen LogP contribution in [-0.4, -0.2) is 22.0 Å². The molecule has 0 atom stereocenters. The van der Waals surface area contributed by atoms with Crippen LogP contribution >= 0.6 is 0 Å². The lowest BCUT2D eigenvalue weighted by Crippen LogP contribution is -2.28. The largest absolute Gasteiger partial charge is 0.481 e. The SMILES string of the molecule is CC(C)(CCC(=O)NCc1ccccn1)C(=O)O. The Morgan fingerprint density at radius 3 is 2.67 bits per heavy atom. The highest BCUT2D eigenvalue weighted by atomic mass is 16.4. The minimum atomic E-state index is -0.889. The standard InChI is InChI=1S/C13H18N2O3/c1-13(2,12(17)18)7-6-11(16)15-9-10-5-3-4-8-14-10/h3-5,8H,6-7,9H2,1-2H3,(H,15,16)(H,17,18). The van der Waals surface area contributed by atoms with Crippen LogP contribution in [0.25, 0.3) is 0 Å². The minimum Gasteiger partial charge on any atom is -0.481 e. The molecule has 1 rings (SSSR count). The van der Waals surface area contributed by atoms with Gasteiger partial charge in [-0.05, 0) is 32.4 Å². The Bertz CT molecular complexity index is 416. The lowest BCUT2D eigenvalue weighted by Gasteiger charge is -2.18. The van der Waals surface area contributed by atoms with E-state index in [1.165, 1.54) is 0 Å². The van der Waals surface area contributed by atoms with Crippen molar-refractivity contribution in [2.45, 2.75) is 33.2 Å². The van der Waals surface area contributed by atoms with Crippen molar-refractivity contribution in [2.75, 3.05) is 0 Å². The summed E-state index contributed by atoms with van der Waals surface area (Å²) in [5, 5.41) is 11.6. The summed E-state index contributed by atoms with van der Waals surface area (Å²) in [6, 6.07) is 5.48. The molecule has 1 heterocycles. The number of pyridine rings is 1. The van der Waals surface area contributed by atoms with Crippen LogP contribution in [0.3, 0.4) is 0 Å². The van der Waals surface area contributed by atoms with Gasteiger partial charge in [-0.3, -0.25) is 14.6 Å². The van der Waals surface area contributed by atoms with Crippen LogP contribution < -0.4 is 5.32 Å². The van der Waals surface area contributed by atoms with E-state index >= 15 is 0 Å². The van der Waals surface area contributed by atoms with E-state index in [0.717, 1.165) is 5.69 Å². The van der Waals surface area contributed by atoms with Gasteiger partial charge in [-0.2, -0.15) is 0 Å². The van der Waals surface area contributed by atoms with Gasteiger partial charge < -0.3 is 10.4 Å². The van der Waals surface area contributed by atoms with Gasteiger partial charge in [0.15, 0.2) is 0 Å². The van der Waals surface area contributed by atoms with Crippen LogP contribution in [0.1, 0.15) is 32.4 Å². The highest BCUT2D eigenvalue weighted by Crippen LogP contribution is 2.22. The number of hydrogen-bond acceptors (Lipinski definition) is 3. The van der Waals surface area contributed by atoms with Gasteiger partial charge in [0.2, 0.25) is 5.91 Å². The van der Waals surface area contributed by atoms with E-state index < -0.39 is 11.4 Å². The Morgan fingerprint density at radius 2 is 2.11 bits per heavy atom. The van der Waals surface area contributed by atoms with E-state index in [1.807, 2.05) is 12.1 Å². The molecule has 18 heavy (non-hydrogen) atoms. The molecule has 2 N–H and O–H groups in total. The average Bonchev–Trinajstić information content (AvgIpc) is 2.35. The summed E-state index contributed by atoms with van der Waals surface area (Å²) in [5.41, 5.74) is -0.0918. The van der Waals surface area contributed by atoms with Crippen molar-refractivity contribution >= 4 is 11.9 Å². The smallest absolute Gasteiger partial charge is 0.309 e. The first-order chi connectivity index (χ1) is 8.42. The summed E-state index contributed by atoms with van der Waals surface area (Å²) < 4.78 is 0. The van der Waals surface area contributed by atoms with Gasteiger partial charge in [0.05, 0.1) is 17.7 Å². The molecule has 0 spiro atoms. The van der Waals surface area contributed by atoms with Crippen molar-refractivity contribution in [3.63, 3.8) is 0 Å². The molecule has 5 nitrogen and oxygen atoms in total. The van der Waals surface area contributed by atoms with Gasteiger partial charge in [-0.15, -0.1) is 0 Å². The van der Waals surface area contributed by atoms with E-state index in [4.69, 9.17) is 5.11 Å². The lowest BCUT2D eigenvalue weighted by atomic mass is 9.88. The van der Waals surface area contributed by atoms with E-state index in [2.05, 4.69) is 10.3 Å². The Kier molecular flexibility index (Phi) is 4.83. The molecule has 0 bridgehead atoms. The van der Waals surface area contributed by atoms with Gasteiger partial charge in [-0.25, -0.2) is 0 Å². The van der Waals surface area contributed by atoms with Crippen molar-refractivity contribution in [3.8, 4) is 0 Å². The van der Waals surface area contributed by atoms with Gasteiger partial charge in [0, 0.05) is 12.6 Å². The van der Waals surface area contributed by atoms with E-state index in [1.54, 1.807) is 26.1 Å². The van der Waals surface area contributed by atoms with Crippen molar-refractivity contribution < 1.29 is 14.7 Å². The van der Waals surface area contributed by atoms with Crippen LogP contribution in [0.5, 0.6) is 0 Å². The minimum absolute atomic E-state index is 0.157. The number of amides is 1. The highest BCUT2D eigenvalue weighted by molar-refractivity contribution is 5.78. The van der Waals surface area contributed by atoms with Crippen LogP contribution in [0.2, 0.25) is 0 Å². The second-order valence-corrected chi connectivity index (χ2v) is 4.79. The number of carboxylic acids is 1. The maximum atomic E-state index is 11.6. The molecule has 1 aromatic heterocycles. The van der Waals surface area contributed by atoms with E-state index in [9.17, 15) is 9.59 Å². The predicted molar refractivity (Wildman–Crippen MR) is 66.7 cm³/mol. The molecule has 0 fully saturated rings. The molecule has 0 saturated carbocycles. The lowest BCUT2D eigenvalue weighted by molar-refractivity contribution is -0.147. The number of carboxylic acid groups (broad SMARTS) is 1. The molecule has 1 aromatic rings. The zero-order valence-electron chi connectivity index (χ0n) is 10.6. The van der Waals surface area contributed by atoms with Crippen LogP contribution in [-0.2, 0) is 16.1 Å². The number of carbonyl (C=O) groups is 2. The summed E-state index contributed by atoms with van der Waals surface area (Å²) in [7, 11) is 0. The summed E-state index contributed by atoms with van der Waals surface area (Å²) >= 11 is 0. The molecule has 0 aliphatic heterocycles. The summed E-state index contributed by atoms with van der Waals surface area (Å²) in [5.74, 6) is -1.05. The van der Waals surface area contributed by atoms with Gasteiger partial charge in [-0.1, -0.05) is 6.07 Å². The third kappa shape index (κ3) is 4.53. The molecule has 0 aromatic carbocycles. The first-order valence-corrected chi connectivity index (χ1v) is 5.82. The molecule has 98 valence electrons. The second-order valence-electron chi connectivity index (χ2n) is 4.79. The number of aliphatic carboxylic acids is 1. The number of aromatic nitrogens is 1. The first kappa shape index (κ1) is 14.2. The number of hydrogen-bond donors (Lipinski definition) is 2. The third-order valence-corrected chi connectivity index (χ3v) is 2.75. The molecule has 0 radical (unpaired) electrons. The number of nitrogens with one attached hydrogen (secondary N) is 1. The molecule has 0 aliphatic rings. The number of rotatable bonds is 6. The molecule has 0 unspecified atom stereocenters. The Hall–Kier alpha value is -1.91. The van der Waals surface area contributed by atoms with Crippen molar-refractivity contribution in [1.82, 2.24) is 10.3 Å². The summed E-state index contributed by atoms with van der Waals surface area (Å²) in [4.78, 5) is 26.5. The highest BCUT2D eigenvalue weighted by Gasteiger charge is 2.27. The van der Waals surface area contributed by atoms with Crippen molar-refractivity contribution in [2.24, 2.45) is 5.41 Å². The normalized spacial score (nSPS) is 11.0. The second kappa shape index (κ2) is 6.14. The predicted octanol–water partition coefficient (Wildman–Crippen LogP) is 1.59. The molecule has 1 amide bonds. The molecule has 0 aliphatic carbocycles. The number of nitrogens with zero attached hydrogens (tertiary/aromatic N) is 1. The average molecular weight is 250 g/mol. The Morgan fingerprint density at radius 1 is 1.39 bits per heavy atom. The van der Waals surface area contributed by atoms with Crippen LogP contribution in [0.4, 0.5) is 0 Å². The molecule has 5 heteroatoms. The fraction of sp³-hybridized carbons (Fsp3) is 0.462. The fourth-order valence-corrected chi connectivity index (χ4v) is 1.31. The van der Waals surface area contributed by atoms with Crippen molar-refractivity contribution in [1.29, 1.82) is 0 Å². The van der Waals surface area contributed by atoms with E-state index in [-0.39, 0.29) is 12.3 Å². The van der Waals surface area contributed by atoms with Crippen LogP contribution in [0, 0.1) is 5.41 Å². The topological polar surface area (TPSA) is 79.3 Å². The maximum Gasteiger partial charge on any atom is 0.309 e. The zero-order valence-corrected chi connectivity index (χ0v) is 10.6. The molecular formula is C13H18N2O3. The molecular weight excluding hydrogens is 232 g/mol. The van der Waals surface area contributed by atoms with Crippen molar-refractivity contribution in [3.05, 3.63) is 30.1 Å². The van der Waals surface area contributed by atoms with Crippen LogP contribution in [0.15, 0.2) is 24.4 Å². The maximum absolute atomic E-state index is 11.6. The van der Waals surface area contributed by atoms with Gasteiger partial charge in [0.25, 0.3) is 0 Å². The first-order valence-electron chi connectivity index (χ1n) is 5.82. The quantitative estimate of drug-likeness (QED) is 0.803. The fourth-order valence-electron chi connectivity index (χ4n) is 1.31. The monoisotopic (exact) mass is 250 g/mol. The molecule has 0 saturated heterocycles. The van der Waals surface area contributed by atoms with E-state index in [0.29, 0.717) is 13.0 Å².